The molecule has 1 aliphatic carbocycles. The van der Waals surface area contributed by atoms with Crippen LogP contribution in [0.1, 0.15) is 43.4 Å². The second-order valence-electron chi connectivity index (χ2n) is 5.74. The topological polar surface area (TPSA) is 46.9 Å². The van der Waals surface area contributed by atoms with Gasteiger partial charge < -0.3 is 5.32 Å². The monoisotopic (exact) mass is 283 g/mol. The third kappa shape index (κ3) is 3.15. The minimum atomic E-state index is 0.0528. The molecule has 0 spiro atoms. The summed E-state index contributed by atoms with van der Waals surface area (Å²) in [5.41, 5.74) is 3.70. The lowest BCUT2D eigenvalue weighted by Crippen LogP contribution is -2.19. The molecular formula is C17H21N3O. The Bertz CT molecular complexity index is 619. The number of carbonyl (C=O) groups excluding carboxylic acids is 1. The standard InChI is InChI=1S/C17H21N3O/c1-13(20-11-5-10-18-20)12-17(21)19-16-9-4-7-14-6-2-3-8-15(14)16/h4-5,7,9-11,13H,2-3,6,8,12H2,1H3,(H,19,21). The van der Waals surface area contributed by atoms with Gasteiger partial charge in [-0.2, -0.15) is 5.10 Å². The van der Waals surface area contributed by atoms with Crippen LogP contribution >= 0.6 is 0 Å². The van der Waals surface area contributed by atoms with Gasteiger partial charge in [0.2, 0.25) is 5.91 Å². The summed E-state index contributed by atoms with van der Waals surface area (Å²) in [5.74, 6) is 0.0528. The molecule has 21 heavy (non-hydrogen) atoms. The van der Waals surface area contributed by atoms with E-state index < -0.39 is 0 Å². The Morgan fingerprint density at radius 2 is 2.19 bits per heavy atom. The molecule has 2 aromatic rings. The molecule has 1 heterocycles. The smallest absolute Gasteiger partial charge is 0.226 e. The van der Waals surface area contributed by atoms with Crippen molar-refractivity contribution in [2.45, 2.75) is 45.1 Å². The summed E-state index contributed by atoms with van der Waals surface area (Å²) >= 11 is 0. The van der Waals surface area contributed by atoms with Gasteiger partial charge in [-0.3, -0.25) is 9.48 Å². The molecule has 0 saturated carbocycles. The highest BCUT2D eigenvalue weighted by atomic mass is 16.1. The van der Waals surface area contributed by atoms with Gasteiger partial charge in [-0.1, -0.05) is 12.1 Å². The molecule has 4 nitrogen and oxygen atoms in total. The van der Waals surface area contributed by atoms with Crippen molar-refractivity contribution in [1.29, 1.82) is 0 Å². The molecule has 1 aliphatic rings. The van der Waals surface area contributed by atoms with Gasteiger partial charge in [0.15, 0.2) is 0 Å². The third-order valence-corrected chi connectivity index (χ3v) is 4.13. The van der Waals surface area contributed by atoms with Crippen LogP contribution in [0.3, 0.4) is 0 Å². The van der Waals surface area contributed by atoms with Gasteiger partial charge in [0.1, 0.15) is 0 Å². The Hall–Kier alpha value is -2.10. The van der Waals surface area contributed by atoms with Gasteiger partial charge in [-0.15, -0.1) is 0 Å². The van der Waals surface area contributed by atoms with Crippen LogP contribution in [-0.2, 0) is 17.6 Å². The first kappa shape index (κ1) is 13.9. The molecule has 4 heteroatoms. The Labute approximate surface area is 125 Å². The number of carbonyl (C=O) groups is 1. The molecule has 1 amide bonds. The van der Waals surface area contributed by atoms with Gasteiger partial charge in [0.05, 0.1) is 6.04 Å². The number of anilines is 1. The van der Waals surface area contributed by atoms with E-state index in [0.717, 1.165) is 18.5 Å². The molecule has 0 fully saturated rings. The molecule has 0 radical (unpaired) electrons. The second kappa shape index (κ2) is 6.12. The Kier molecular flexibility index (Phi) is 4.04. The van der Waals surface area contributed by atoms with Crippen molar-refractivity contribution in [2.75, 3.05) is 5.32 Å². The predicted molar refractivity (Wildman–Crippen MR) is 83.3 cm³/mol. The van der Waals surface area contributed by atoms with Crippen LogP contribution in [0.2, 0.25) is 0 Å². The Balaban J connectivity index is 1.68. The van der Waals surface area contributed by atoms with Gasteiger partial charge in [-0.25, -0.2) is 0 Å². The molecular weight excluding hydrogens is 262 g/mol. The average molecular weight is 283 g/mol. The van der Waals surface area contributed by atoms with E-state index >= 15 is 0 Å². The number of nitrogens with zero attached hydrogens (tertiary/aromatic N) is 2. The first-order chi connectivity index (χ1) is 10.2. The summed E-state index contributed by atoms with van der Waals surface area (Å²) in [7, 11) is 0. The molecule has 1 unspecified atom stereocenters. The fourth-order valence-corrected chi connectivity index (χ4v) is 3.00. The van der Waals surface area contributed by atoms with Crippen molar-refractivity contribution in [3.05, 3.63) is 47.8 Å². The lowest BCUT2D eigenvalue weighted by Gasteiger charge is -2.20. The number of rotatable bonds is 4. The number of aromatic nitrogens is 2. The second-order valence-corrected chi connectivity index (χ2v) is 5.74. The molecule has 0 saturated heterocycles. The van der Waals surface area contributed by atoms with Crippen LogP contribution in [0.15, 0.2) is 36.7 Å². The van der Waals surface area contributed by atoms with E-state index in [0.29, 0.717) is 6.42 Å². The zero-order valence-electron chi connectivity index (χ0n) is 12.4. The highest BCUT2D eigenvalue weighted by Crippen LogP contribution is 2.28. The van der Waals surface area contributed by atoms with Gasteiger partial charge in [0.25, 0.3) is 0 Å². The molecule has 1 aromatic carbocycles. The lowest BCUT2D eigenvalue weighted by molar-refractivity contribution is -0.116. The number of nitrogens with one attached hydrogen (secondary N) is 1. The SMILES string of the molecule is CC(CC(=O)Nc1cccc2c1CCCC2)n1cccn1. The van der Waals surface area contributed by atoms with Crippen molar-refractivity contribution >= 4 is 11.6 Å². The van der Waals surface area contributed by atoms with E-state index in [1.165, 1.54) is 24.0 Å². The van der Waals surface area contributed by atoms with E-state index in [1.807, 2.05) is 36.0 Å². The highest BCUT2D eigenvalue weighted by Gasteiger charge is 2.16. The first-order valence-electron chi connectivity index (χ1n) is 7.64. The number of amides is 1. The van der Waals surface area contributed by atoms with E-state index in [4.69, 9.17) is 0 Å². The predicted octanol–water partition coefficient (Wildman–Crippen LogP) is 3.35. The van der Waals surface area contributed by atoms with Crippen molar-refractivity contribution in [1.82, 2.24) is 9.78 Å². The first-order valence-corrected chi connectivity index (χ1v) is 7.64. The highest BCUT2D eigenvalue weighted by molar-refractivity contribution is 5.92. The van der Waals surface area contributed by atoms with Crippen molar-refractivity contribution in [2.24, 2.45) is 0 Å². The normalized spacial score (nSPS) is 15.3. The van der Waals surface area contributed by atoms with Crippen molar-refractivity contribution in [3.63, 3.8) is 0 Å². The molecule has 3 rings (SSSR count). The van der Waals surface area contributed by atoms with Crippen LogP contribution in [0.4, 0.5) is 5.69 Å². The van der Waals surface area contributed by atoms with Gasteiger partial charge >= 0.3 is 0 Å². The number of benzene rings is 1. The minimum Gasteiger partial charge on any atom is -0.326 e. The fraction of sp³-hybridized carbons (Fsp3) is 0.412. The summed E-state index contributed by atoms with van der Waals surface area (Å²) in [6.07, 6.45) is 8.73. The maximum Gasteiger partial charge on any atom is 0.226 e. The summed E-state index contributed by atoms with van der Waals surface area (Å²) < 4.78 is 1.82. The zero-order chi connectivity index (χ0) is 14.7. The molecule has 0 aliphatic heterocycles. The summed E-state index contributed by atoms with van der Waals surface area (Å²) in [6, 6.07) is 8.18. The molecule has 110 valence electrons. The zero-order valence-corrected chi connectivity index (χ0v) is 12.4. The Morgan fingerprint density at radius 1 is 1.33 bits per heavy atom. The number of fused-ring (bicyclic) bond motifs is 1. The fourth-order valence-electron chi connectivity index (χ4n) is 3.00. The van der Waals surface area contributed by atoms with E-state index in [2.05, 4.69) is 16.5 Å². The average Bonchev–Trinajstić information content (AvgIpc) is 3.02. The lowest BCUT2D eigenvalue weighted by atomic mass is 9.90. The summed E-state index contributed by atoms with van der Waals surface area (Å²) in [4.78, 5) is 12.3. The molecule has 1 N–H and O–H groups in total. The van der Waals surface area contributed by atoms with Crippen LogP contribution in [0.5, 0.6) is 0 Å². The van der Waals surface area contributed by atoms with Crippen LogP contribution in [0, 0.1) is 0 Å². The van der Waals surface area contributed by atoms with Crippen LogP contribution in [-0.4, -0.2) is 15.7 Å². The maximum atomic E-state index is 12.3. The van der Waals surface area contributed by atoms with Crippen LogP contribution in [0.25, 0.3) is 0 Å². The molecule has 1 atom stereocenters. The van der Waals surface area contributed by atoms with Gasteiger partial charge in [-0.05, 0) is 55.9 Å². The van der Waals surface area contributed by atoms with E-state index in [9.17, 15) is 4.79 Å². The summed E-state index contributed by atoms with van der Waals surface area (Å²) in [6.45, 7) is 2.01. The van der Waals surface area contributed by atoms with Crippen molar-refractivity contribution < 1.29 is 4.79 Å². The van der Waals surface area contributed by atoms with Crippen LogP contribution < -0.4 is 5.32 Å². The van der Waals surface area contributed by atoms with Crippen molar-refractivity contribution in [3.8, 4) is 0 Å². The number of hydrogen-bond acceptors (Lipinski definition) is 2. The number of aryl methyl sites for hydroxylation is 1. The Morgan fingerprint density at radius 3 is 3.00 bits per heavy atom. The molecule has 1 aromatic heterocycles. The van der Waals surface area contributed by atoms with E-state index in [1.54, 1.807) is 6.20 Å². The maximum absolute atomic E-state index is 12.3. The largest absolute Gasteiger partial charge is 0.326 e. The quantitative estimate of drug-likeness (QED) is 0.935. The van der Waals surface area contributed by atoms with E-state index in [-0.39, 0.29) is 11.9 Å². The summed E-state index contributed by atoms with van der Waals surface area (Å²) in [5, 5.41) is 7.27. The van der Waals surface area contributed by atoms with Gasteiger partial charge in [0, 0.05) is 24.5 Å². The minimum absolute atomic E-state index is 0.0528. The third-order valence-electron chi connectivity index (χ3n) is 4.13. The molecule has 0 bridgehead atoms. The number of hydrogen-bond donors (Lipinski definition) is 1.